The van der Waals surface area contributed by atoms with Gasteiger partial charge in [0.15, 0.2) is 5.82 Å². The molecule has 2 heterocycles. The number of aromatic nitrogens is 1. The molecule has 0 saturated carbocycles. The topological polar surface area (TPSA) is 29.1 Å². The van der Waals surface area contributed by atoms with Crippen molar-refractivity contribution < 1.29 is 4.39 Å². The fourth-order valence-corrected chi connectivity index (χ4v) is 2.93. The van der Waals surface area contributed by atoms with Crippen LogP contribution in [0.25, 0.3) is 16.6 Å². The largest absolute Gasteiger partial charge is 0.300 e. The smallest absolute Gasteiger partial charge is 0.167 e. The van der Waals surface area contributed by atoms with E-state index in [0.717, 1.165) is 26.9 Å². The number of halogens is 2. The van der Waals surface area contributed by atoms with Crippen molar-refractivity contribution in [2.75, 3.05) is 0 Å². The second-order valence-corrected chi connectivity index (χ2v) is 6.48. The van der Waals surface area contributed by atoms with Crippen molar-refractivity contribution in [1.29, 1.82) is 0 Å². The van der Waals surface area contributed by atoms with E-state index < -0.39 is 0 Å². The Hall–Kier alpha value is -2.79. The van der Waals surface area contributed by atoms with Gasteiger partial charge in [-0.1, -0.05) is 34.1 Å². The Morgan fingerprint density at radius 2 is 1.60 bits per heavy atom. The molecule has 0 N–H and O–H groups in total. The molecular weight excluding hydrogens is 381 g/mol. The highest BCUT2D eigenvalue weighted by molar-refractivity contribution is 9.10. The van der Waals surface area contributed by atoms with E-state index in [0.29, 0.717) is 5.69 Å². The Kier molecular flexibility index (Phi) is 4.15. The van der Waals surface area contributed by atoms with E-state index >= 15 is 0 Å². The van der Waals surface area contributed by atoms with E-state index in [1.54, 1.807) is 12.1 Å². The zero-order valence-corrected chi connectivity index (χ0v) is 14.7. The molecule has 0 amide bonds. The zero-order valence-electron chi connectivity index (χ0n) is 13.1. The molecular formula is C20H13BrFN3. The summed E-state index contributed by atoms with van der Waals surface area (Å²) in [5, 5.41) is 8.72. The zero-order chi connectivity index (χ0) is 17.2. The number of rotatable bonds is 3. The van der Waals surface area contributed by atoms with Crippen LogP contribution in [0.5, 0.6) is 0 Å². The molecule has 0 radical (unpaired) electrons. The molecule has 0 aliphatic rings. The fraction of sp³-hybridized carbons (Fsp3) is 0. The number of hydrogen-bond acceptors (Lipinski definition) is 2. The lowest BCUT2D eigenvalue weighted by Gasteiger charge is -2.02. The van der Waals surface area contributed by atoms with Gasteiger partial charge in [-0.3, -0.25) is 4.40 Å². The Bertz CT molecular complexity index is 1050. The molecule has 3 nitrogen and oxygen atoms in total. The molecule has 4 rings (SSSR count). The molecule has 2 aromatic heterocycles. The van der Waals surface area contributed by atoms with E-state index in [1.807, 2.05) is 53.1 Å². The molecule has 2 aromatic carbocycles. The number of fused-ring (bicyclic) bond motifs is 1. The third-order valence-electron chi connectivity index (χ3n) is 3.89. The first kappa shape index (κ1) is 15.7. The second-order valence-electron chi connectivity index (χ2n) is 5.56. The normalized spacial score (nSPS) is 11.4. The van der Waals surface area contributed by atoms with Gasteiger partial charge in [0.1, 0.15) is 5.82 Å². The minimum absolute atomic E-state index is 0.289. The highest BCUT2D eigenvalue weighted by Crippen LogP contribution is 2.35. The summed E-state index contributed by atoms with van der Waals surface area (Å²) in [4.78, 5) is 0. The van der Waals surface area contributed by atoms with Crippen molar-refractivity contribution in [2.45, 2.75) is 0 Å². The van der Waals surface area contributed by atoms with E-state index in [4.69, 9.17) is 0 Å². The van der Waals surface area contributed by atoms with Crippen molar-refractivity contribution in [2.24, 2.45) is 10.2 Å². The number of nitrogens with zero attached hydrogens (tertiary/aromatic N) is 3. The molecule has 0 unspecified atom stereocenters. The third-order valence-corrected chi connectivity index (χ3v) is 4.42. The van der Waals surface area contributed by atoms with Gasteiger partial charge in [0.05, 0.1) is 5.69 Å². The van der Waals surface area contributed by atoms with Crippen molar-refractivity contribution in [3.8, 4) is 11.1 Å². The second kappa shape index (κ2) is 6.61. The summed E-state index contributed by atoms with van der Waals surface area (Å²) in [7, 11) is 0. The Labute approximate surface area is 152 Å². The lowest BCUT2D eigenvalue weighted by molar-refractivity contribution is 0.628. The van der Waals surface area contributed by atoms with E-state index in [1.165, 1.54) is 12.1 Å². The third kappa shape index (κ3) is 3.23. The Morgan fingerprint density at radius 3 is 2.36 bits per heavy atom. The molecule has 0 aliphatic heterocycles. The van der Waals surface area contributed by atoms with Crippen LogP contribution < -0.4 is 0 Å². The predicted octanol–water partition coefficient (Wildman–Crippen LogP) is 6.92. The molecule has 0 saturated heterocycles. The van der Waals surface area contributed by atoms with Crippen LogP contribution in [-0.4, -0.2) is 4.40 Å². The maximum absolute atomic E-state index is 13.0. The highest BCUT2D eigenvalue weighted by atomic mass is 79.9. The molecule has 0 spiro atoms. The molecule has 4 aromatic rings. The summed E-state index contributed by atoms with van der Waals surface area (Å²) in [5.41, 5.74) is 3.69. The maximum atomic E-state index is 13.0. The fourth-order valence-electron chi connectivity index (χ4n) is 2.67. The van der Waals surface area contributed by atoms with Gasteiger partial charge in [-0.2, -0.15) is 0 Å². The maximum Gasteiger partial charge on any atom is 0.167 e. The average molecular weight is 394 g/mol. The van der Waals surface area contributed by atoms with Crippen LogP contribution >= 0.6 is 15.9 Å². The molecule has 122 valence electrons. The highest BCUT2D eigenvalue weighted by Gasteiger charge is 2.11. The first-order chi connectivity index (χ1) is 12.2. The molecule has 0 bridgehead atoms. The minimum atomic E-state index is -0.289. The summed E-state index contributed by atoms with van der Waals surface area (Å²) >= 11 is 3.46. The Morgan fingerprint density at radius 1 is 0.840 bits per heavy atom. The van der Waals surface area contributed by atoms with Crippen LogP contribution in [-0.2, 0) is 0 Å². The van der Waals surface area contributed by atoms with E-state index in [9.17, 15) is 4.39 Å². The van der Waals surface area contributed by atoms with Gasteiger partial charge >= 0.3 is 0 Å². The predicted molar refractivity (Wildman–Crippen MR) is 101 cm³/mol. The van der Waals surface area contributed by atoms with Gasteiger partial charge in [-0.15, -0.1) is 10.2 Å². The standard InChI is InChI=1S/C20H13BrFN3/c21-15-6-4-14(5-7-15)19-13-18-3-1-2-12-25(18)20(19)24-23-17-10-8-16(22)9-11-17/h1-13H. The van der Waals surface area contributed by atoms with Crippen LogP contribution in [0.1, 0.15) is 0 Å². The minimum Gasteiger partial charge on any atom is -0.300 e. The van der Waals surface area contributed by atoms with Crippen LogP contribution in [0, 0.1) is 5.82 Å². The van der Waals surface area contributed by atoms with Crippen LogP contribution in [0.3, 0.4) is 0 Å². The van der Waals surface area contributed by atoms with Gasteiger partial charge < -0.3 is 0 Å². The molecule has 0 fully saturated rings. The summed E-state index contributed by atoms with van der Waals surface area (Å²) in [5.74, 6) is 0.449. The van der Waals surface area contributed by atoms with Crippen LogP contribution in [0.15, 0.2) is 93.7 Å². The molecule has 5 heteroatoms. The SMILES string of the molecule is Fc1ccc(N=Nc2c(-c3ccc(Br)cc3)cc3ccccn23)cc1. The lowest BCUT2D eigenvalue weighted by Crippen LogP contribution is -1.81. The van der Waals surface area contributed by atoms with E-state index in [-0.39, 0.29) is 5.82 Å². The summed E-state index contributed by atoms with van der Waals surface area (Å²) < 4.78 is 16.1. The summed E-state index contributed by atoms with van der Waals surface area (Å²) in [6.45, 7) is 0. The van der Waals surface area contributed by atoms with E-state index in [2.05, 4.69) is 32.2 Å². The van der Waals surface area contributed by atoms with Crippen molar-refractivity contribution in [3.05, 3.63) is 89.3 Å². The van der Waals surface area contributed by atoms with Gasteiger partial charge in [0.2, 0.25) is 0 Å². The number of hydrogen-bond donors (Lipinski definition) is 0. The van der Waals surface area contributed by atoms with Gasteiger partial charge in [-0.05, 0) is 60.2 Å². The van der Waals surface area contributed by atoms with Crippen LogP contribution in [0.2, 0.25) is 0 Å². The Balaban J connectivity index is 1.84. The number of azo groups is 1. The first-order valence-electron chi connectivity index (χ1n) is 7.74. The van der Waals surface area contributed by atoms with Crippen molar-refractivity contribution >= 4 is 33.0 Å². The van der Waals surface area contributed by atoms with Crippen molar-refractivity contribution in [3.63, 3.8) is 0 Å². The quantitative estimate of drug-likeness (QED) is 0.338. The van der Waals surface area contributed by atoms with Crippen LogP contribution in [0.4, 0.5) is 15.9 Å². The molecule has 0 atom stereocenters. The monoisotopic (exact) mass is 393 g/mol. The summed E-state index contributed by atoms with van der Waals surface area (Å²) in [6, 6.07) is 22.1. The van der Waals surface area contributed by atoms with Gasteiger partial charge in [0, 0.05) is 21.7 Å². The van der Waals surface area contributed by atoms with Gasteiger partial charge in [-0.25, -0.2) is 4.39 Å². The molecule has 25 heavy (non-hydrogen) atoms. The number of pyridine rings is 1. The number of benzene rings is 2. The van der Waals surface area contributed by atoms with Crippen molar-refractivity contribution in [1.82, 2.24) is 4.40 Å². The molecule has 0 aliphatic carbocycles. The summed E-state index contributed by atoms with van der Waals surface area (Å²) in [6.07, 6.45) is 1.96. The average Bonchev–Trinajstić information content (AvgIpc) is 3.00. The lowest BCUT2D eigenvalue weighted by atomic mass is 10.1. The first-order valence-corrected chi connectivity index (χ1v) is 8.53. The van der Waals surface area contributed by atoms with Gasteiger partial charge in [0.25, 0.3) is 0 Å².